The summed E-state index contributed by atoms with van der Waals surface area (Å²) in [6.45, 7) is 0.414. The van der Waals surface area contributed by atoms with Crippen molar-refractivity contribution in [1.29, 1.82) is 0 Å². The highest BCUT2D eigenvalue weighted by atomic mass is 16.5. The average Bonchev–Trinajstić information content (AvgIpc) is 2.45. The smallest absolute Gasteiger partial charge is 0.329 e. The Hall–Kier alpha value is -2.01. The predicted octanol–water partition coefficient (Wildman–Crippen LogP) is 1.45. The first-order valence-electron chi connectivity index (χ1n) is 6.34. The molecule has 0 spiro atoms. The molecule has 1 aromatic rings. The van der Waals surface area contributed by atoms with Crippen molar-refractivity contribution in [3.63, 3.8) is 0 Å². The van der Waals surface area contributed by atoms with Crippen LogP contribution in [-0.2, 0) is 20.9 Å². The molecule has 0 aromatic heterocycles. The molecule has 0 heterocycles. The zero-order chi connectivity index (χ0) is 14.8. The van der Waals surface area contributed by atoms with Gasteiger partial charge in [-0.25, -0.2) is 9.59 Å². The van der Waals surface area contributed by atoms with E-state index in [1.54, 1.807) is 0 Å². The van der Waals surface area contributed by atoms with Crippen LogP contribution in [0.1, 0.15) is 24.8 Å². The van der Waals surface area contributed by atoms with Crippen LogP contribution < -0.4 is 5.73 Å². The largest absolute Gasteiger partial charge is 0.480 e. The number of carboxylic acids is 1. The quantitative estimate of drug-likeness (QED) is 0.404. The van der Waals surface area contributed by atoms with Crippen LogP contribution in [0, 0.1) is 0 Å². The summed E-state index contributed by atoms with van der Waals surface area (Å²) >= 11 is 0. The molecule has 0 saturated heterocycles. The van der Waals surface area contributed by atoms with Crippen molar-refractivity contribution in [3.05, 3.63) is 35.9 Å². The summed E-state index contributed by atoms with van der Waals surface area (Å²) in [4.78, 5) is 24.0. The van der Waals surface area contributed by atoms with Crippen LogP contribution in [0.3, 0.4) is 0 Å². The number of hydrogen-bond donors (Lipinski definition) is 2. The van der Waals surface area contributed by atoms with Gasteiger partial charge in [0.05, 0.1) is 6.61 Å². The first-order chi connectivity index (χ1) is 9.63. The second kappa shape index (κ2) is 8.98. The molecule has 108 valence electrons. The second-order valence-corrected chi connectivity index (χ2v) is 4.34. The SMILES string of the molecule is NC(CCC[C@H](N=C=O)C(=O)O)OCc1ccccc1. The third kappa shape index (κ3) is 6.24. The lowest BCUT2D eigenvalue weighted by atomic mass is 10.1. The number of nitrogens with two attached hydrogens (primary N) is 1. The molecule has 20 heavy (non-hydrogen) atoms. The van der Waals surface area contributed by atoms with E-state index in [4.69, 9.17) is 15.6 Å². The van der Waals surface area contributed by atoms with Gasteiger partial charge in [-0.2, -0.15) is 4.99 Å². The maximum absolute atomic E-state index is 10.7. The number of benzene rings is 1. The minimum atomic E-state index is -1.13. The zero-order valence-corrected chi connectivity index (χ0v) is 11.1. The van der Waals surface area contributed by atoms with Gasteiger partial charge in [0.15, 0.2) is 6.04 Å². The number of ether oxygens (including phenoxy) is 1. The van der Waals surface area contributed by atoms with Crippen LogP contribution in [0.4, 0.5) is 0 Å². The normalized spacial score (nSPS) is 13.2. The topological polar surface area (TPSA) is 102 Å². The van der Waals surface area contributed by atoms with Crippen LogP contribution in [0.2, 0.25) is 0 Å². The lowest BCUT2D eigenvalue weighted by Gasteiger charge is -2.13. The molecular weight excluding hydrogens is 260 g/mol. The van der Waals surface area contributed by atoms with Gasteiger partial charge >= 0.3 is 5.97 Å². The molecule has 1 rings (SSSR count). The molecule has 0 aliphatic carbocycles. The summed E-state index contributed by atoms with van der Waals surface area (Å²) in [5.41, 5.74) is 6.81. The lowest BCUT2D eigenvalue weighted by molar-refractivity contribution is -0.138. The maximum atomic E-state index is 10.7. The molecule has 1 unspecified atom stereocenters. The van der Waals surface area contributed by atoms with Crippen molar-refractivity contribution >= 4 is 12.0 Å². The van der Waals surface area contributed by atoms with Crippen LogP contribution in [-0.4, -0.2) is 29.4 Å². The summed E-state index contributed by atoms with van der Waals surface area (Å²) < 4.78 is 5.45. The van der Waals surface area contributed by atoms with E-state index in [0.717, 1.165) is 5.56 Å². The number of aliphatic carboxylic acids is 1. The van der Waals surface area contributed by atoms with Crippen molar-refractivity contribution in [3.8, 4) is 0 Å². The van der Waals surface area contributed by atoms with Gasteiger partial charge in [0.2, 0.25) is 6.08 Å². The monoisotopic (exact) mass is 278 g/mol. The average molecular weight is 278 g/mol. The molecule has 0 radical (unpaired) electrons. The Morgan fingerprint density at radius 3 is 2.65 bits per heavy atom. The molecule has 6 nitrogen and oxygen atoms in total. The van der Waals surface area contributed by atoms with Crippen molar-refractivity contribution in [2.75, 3.05) is 0 Å². The van der Waals surface area contributed by atoms with Gasteiger partial charge in [-0.1, -0.05) is 30.3 Å². The highest BCUT2D eigenvalue weighted by molar-refractivity contribution is 5.74. The molecule has 0 fully saturated rings. The minimum absolute atomic E-state index is 0.243. The summed E-state index contributed by atoms with van der Waals surface area (Å²) in [7, 11) is 0. The van der Waals surface area contributed by atoms with Crippen molar-refractivity contribution in [2.45, 2.75) is 38.1 Å². The van der Waals surface area contributed by atoms with E-state index in [1.807, 2.05) is 30.3 Å². The zero-order valence-electron chi connectivity index (χ0n) is 11.1. The van der Waals surface area contributed by atoms with Gasteiger partial charge in [0, 0.05) is 0 Å². The van der Waals surface area contributed by atoms with Gasteiger partial charge < -0.3 is 15.6 Å². The molecule has 6 heteroatoms. The van der Waals surface area contributed by atoms with E-state index in [2.05, 4.69) is 4.99 Å². The van der Waals surface area contributed by atoms with E-state index in [9.17, 15) is 9.59 Å². The van der Waals surface area contributed by atoms with Crippen molar-refractivity contribution in [2.24, 2.45) is 10.7 Å². The van der Waals surface area contributed by atoms with Gasteiger partial charge in [-0.15, -0.1) is 0 Å². The van der Waals surface area contributed by atoms with Gasteiger partial charge in [-0.05, 0) is 24.8 Å². The fraction of sp³-hybridized carbons (Fsp3) is 0.429. The van der Waals surface area contributed by atoms with E-state index in [1.165, 1.54) is 6.08 Å². The Kier molecular flexibility index (Phi) is 7.21. The number of carbonyl (C=O) groups is 1. The summed E-state index contributed by atoms with van der Waals surface area (Å²) in [5, 5.41) is 8.79. The lowest BCUT2D eigenvalue weighted by Crippen LogP contribution is -2.25. The van der Waals surface area contributed by atoms with Crippen LogP contribution in [0.5, 0.6) is 0 Å². The van der Waals surface area contributed by atoms with Gasteiger partial charge in [0.25, 0.3) is 0 Å². The third-order valence-corrected chi connectivity index (χ3v) is 2.77. The highest BCUT2D eigenvalue weighted by Gasteiger charge is 2.16. The van der Waals surface area contributed by atoms with E-state index in [0.29, 0.717) is 19.4 Å². The van der Waals surface area contributed by atoms with Crippen molar-refractivity contribution in [1.82, 2.24) is 0 Å². The molecule has 0 amide bonds. The summed E-state index contributed by atoms with van der Waals surface area (Å²) in [6, 6.07) is 8.58. The maximum Gasteiger partial charge on any atom is 0.329 e. The number of nitrogens with zero attached hydrogens (tertiary/aromatic N) is 1. The van der Waals surface area contributed by atoms with Crippen LogP contribution in [0.25, 0.3) is 0 Å². The number of isocyanates is 1. The molecule has 0 aliphatic heterocycles. The highest BCUT2D eigenvalue weighted by Crippen LogP contribution is 2.09. The number of carbonyl (C=O) groups excluding carboxylic acids is 1. The van der Waals surface area contributed by atoms with E-state index >= 15 is 0 Å². The molecule has 0 saturated carbocycles. The van der Waals surface area contributed by atoms with Gasteiger partial charge in [-0.3, -0.25) is 0 Å². The molecule has 3 N–H and O–H groups in total. The number of aliphatic imine (C=N–C) groups is 1. The fourth-order valence-corrected chi connectivity index (χ4v) is 1.68. The third-order valence-electron chi connectivity index (χ3n) is 2.77. The molecule has 0 bridgehead atoms. The minimum Gasteiger partial charge on any atom is -0.480 e. The first-order valence-corrected chi connectivity index (χ1v) is 6.34. The Labute approximate surface area is 117 Å². The van der Waals surface area contributed by atoms with Crippen molar-refractivity contribution < 1.29 is 19.4 Å². The predicted molar refractivity (Wildman–Crippen MR) is 72.6 cm³/mol. The standard InChI is InChI=1S/C14H18N2O4/c15-13(20-9-11-5-2-1-3-6-11)8-4-7-12(14(18)19)16-10-17/h1-3,5-6,12-13H,4,7-9,15H2,(H,18,19)/t12-,13?/m0/s1. The first kappa shape index (κ1) is 16.0. The van der Waals surface area contributed by atoms with Crippen LogP contribution in [0.15, 0.2) is 35.3 Å². The van der Waals surface area contributed by atoms with E-state index < -0.39 is 18.2 Å². The number of carboxylic acid groups (broad SMARTS) is 1. The van der Waals surface area contributed by atoms with Gasteiger partial charge in [0.1, 0.15) is 6.23 Å². The fourth-order valence-electron chi connectivity index (χ4n) is 1.68. The number of rotatable bonds is 9. The molecule has 0 aliphatic rings. The Morgan fingerprint density at radius 2 is 2.05 bits per heavy atom. The Balaban J connectivity index is 2.24. The summed E-state index contributed by atoms with van der Waals surface area (Å²) in [5.74, 6) is -1.13. The van der Waals surface area contributed by atoms with E-state index in [-0.39, 0.29) is 6.42 Å². The Bertz CT molecular complexity index is 456. The molecular formula is C14H18N2O4. The molecule has 2 atom stereocenters. The number of hydrogen-bond acceptors (Lipinski definition) is 5. The van der Waals surface area contributed by atoms with Crippen LogP contribution >= 0.6 is 0 Å². The Morgan fingerprint density at radius 1 is 1.35 bits per heavy atom. The second-order valence-electron chi connectivity index (χ2n) is 4.34. The molecule has 1 aromatic carbocycles. The summed E-state index contributed by atoms with van der Waals surface area (Å²) in [6.07, 6.45) is 2.06.